The zero-order valence-corrected chi connectivity index (χ0v) is 17.7. The maximum Gasteiger partial charge on any atom is 0.191 e. The Morgan fingerprint density at radius 1 is 1.07 bits per heavy atom. The summed E-state index contributed by atoms with van der Waals surface area (Å²) in [6.07, 6.45) is 3.94. The highest BCUT2D eigenvalue weighted by Crippen LogP contribution is 2.25. The van der Waals surface area contributed by atoms with Crippen LogP contribution in [0.1, 0.15) is 30.4 Å². The van der Waals surface area contributed by atoms with Crippen LogP contribution in [0.25, 0.3) is 0 Å². The van der Waals surface area contributed by atoms with Crippen LogP contribution in [0.15, 0.2) is 29.3 Å². The van der Waals surface area contributed by atoms with Crippen LogP contribution in [-0.4, -0.2) is 73.6 Å². The van der Waals surface area contributed by atoms with E-state index in [4.69, 9.17) is 0 Å². The Hall–Kier alpha value is -1.24. The van der Waals surface area contributed by atoms with Gasteiger partial charge in [0.1, 0.15) is 0 Å². The number of benzene rings is 1. The Kier molecular flexibility index (Phi) is 8.30. The summed E-state index contributed by atoms with van der Waals surface area (Å²) in [5, 5.41) is 7.64. The van der Waals surface area contributed by atoms with Crippen LogP contribution in [0.2, 0.25) is 0 Å². The average molecular weight is 390 g/mol. The molecule has 6 heteroatoms. The highest BCUT2D eigenvalue weighted by Gasteiger charge is 2.15. The summed E-state index contributed by atoms with van der Waals surface area (Å²) >= 11 is 2.07. The summed E-state index contributed by atoms with van der Waals surface area (Å²) in [5.41, 5.74) is 2.71. The number of nitrogens with one attached hydrogen (secondary N) is 2. The number of aliphatic imine (C=N–C) groups is 1. The lowest BCUT2D eigenvalue weighted by atomic mass is 10.1. The van der Waals surface area contributed by atoms with Crippen molar-refractivity contribution < 1.29 is 0 Å². The number of rotatable bonds is 6. The fourth-order valence-electron chi connectivity index (χ4n) is 3.70. The van der Waals surface area contributed by atoms with E-state index in [2.05, 4.69) is 68.5 Å². The molecule has 1 atom stereocenters. The third kappa shape index (κ3) is 7.01. The molecular formula is C21H35N5S. The van der Waals surface area contributed by atoms with E-state index >= 15 is 0 Å². The van der Waals surface area contributed by atoms with Gasteiger partial charge in [0, 0.05) is 45.0 Å². The van der Waals surface area contributed by atoms with Crippen molar-refractivity contribution in [3.8, 4) is 0 Å². The molecule has 0 saturated carbocycles. The van der Waals surface area contributed by atoms with Gasteiger partial charge in [-0.05, 0) is 56.3 Å². The second-order valence-electron chi connectivity index (χ2n) is 7.69. The van der Waals surface area contributed by atoms with Gasteiger partial charge in [-0.15, -0.1) is 0 Å². The van der Waals surface area contributed by atoms with Crippen molar-refractivity contribution in [1.29, 1.82) is 0 Å². The van der Waals surface area contributed by atoms with Gasteiger partial charge < -0.3 is 15.5 Å². The van der Waals surface area contributed by atoms with E-state index in [1.54, 1.807) is 0 Å². The molecule has 2 saturated heterocycles. The van der Waals surface area contributed by atoms with Crippen molar-refractivity contribution in [2.75, 3.05) is 52.6 Å². The van der Waals surface area contributed by atoms with Crippen molar-refractivity contribution in [3.63, 3.8) is 0 Å². The Balaban J connectivity index is 1.41. The van der Waals surface area contributed by atoms with Crippen molar-refractivity contribution in [2.45, 2.75) is 37.6 Å². The van der Waals surface area contributed by atoms with Crippen LogP contribution in [0.3, 0.4) is 0 Å². The maximum atomic E-state index is 4.35. The molecule has 5 nitrogen and oxygen atoms in total. The van der Waals surface area contributed by atoms with Gasteiger partial charge in [0.25, 0.3) is 0 Å². The second kappa shape index (κ2) is 10.9. The van der Waals surface area contributed by atoms with E-state index < -0.39 is 0 Å². The molecular weight excluding hydrogens is 354 g/mol. The topological polar surface area (TPSA) is 42.9 Å². The van der Waals surface area contributed by atoms with Crippen LogP contribution in [-0.2, 0) is 13.1 Å². The molecule has 3 rings (SSSR count). The molecule has 0 aromatic heterocycles. The smallest absolute Gasteiger partial charge is 0.191 e. The van der Waals surface area contributed by atoms with E-state index in [-0.39, 0.29) is 0 Å². The molecule has 1 unspecified atom stereocenters. The van der Waals surface area contributed by atoms with Crippen LogP contribution in [0, 0.1) is 0 Å². The molecule has 27 heavy (non-hydrogen) atoms. The summed E-state index contributed by atoms with van der Waals surface area (Å²) in [5.74, 6) is 2.21. The highest BCUT2D eigenvalue weighted by atomic mass is 32.2. The van der Waals surface area contributed by atoms with Crippen LogP contribution in [0.5, 0.6) is 0 Å². The van der Waals surface area contributed by atoms with Crippen molar-refractivity contribution >= 4 is 17.7 Å². The fourth-order valence-corrected chi connectivity index (χ4v) is 4.90. The molecule has 2 N–H and O–H groups in total. The number of guanidine groups is 1. The lowest BCUT2D eigenvalue weighted by Gasteiger charge is -2.20. The molecule has 0 spiro atoms. The van der Waals surface area contributed by atoms with Crippen molar-refractivity contribution in [1.82, 2.24) is 20.4 Å². The van der Waals surface area contributed by atoms with E-state index in [1.807, 2.05) is 7.05 Å². The van der Waals surface area contributed by atoms with Gasteiger partial charge in [0.2, 0.25) is 0 Å². The molecule has 2 heterocycles. The first-order valence-corrected chi connectivity index (χ1v) is 11.3. The Morgan fingerprint density at radius 2 is 1.89 bits per heavy atom. The molecule has 0 aliphatic carbocycles. The minimum absolute atomic E-state index is 0.738. The number of hydrogen-bond donors (Lipinski definition) is 2. The third-order valence-electron chi connectivity index (χ3n) is 5.45. The van der Waals surface area contributed by atoms with Gasteiger partial charge in [0.15, 0.2) is 5.96 Å². The molecule has 0 amide bonds. The summed E-state index contributed by atoms with van der Waals surface area (Å²) in [7, 11) is 4.07. The molecule has 2 aliphatic heterocycles. The number of nitrogens with zero attached hydrogens (tertiary/aromatic N) is 3. The van der Waals surface area contributed by atoms with Crippen LogP contribution in [0.4, 0.5) is 0 Å². The normalized spacial score (nSPS) is 22.6. The standard InChI is InChI=1S/C21H35N5S/c1-22-21(24-16-20-5-3-14-27-20)23-15-18-6-8-19(9-7-18)17-26-11-4-10-25(2)12-13-26/h6-9,20H,3-5,10-17H2,1-2H3,(H2,22,23,24). The minimum atomic E-state index is 0.738. The first-order chi connectivity index (χ1) is 13.2. The highest BCUT2D eigenvalue weighted by molar-refractivity contribution is 8.00. The van der Waals surface area contributed by atoms with E-state index in [0.29, 0.717) is 0 Å². The van der Waals surface area contributed by atoms with E-state index in [0.717, 1.165) is 30.8 Å². The van der Waals surface area contributed by atoms with Crippen LogP contribution >= 0.6 is 11.8 Å². The van der Waals surface area contributed by atoms with Gasteiger partial charge in [-0.1, -0.05) is 24.3 Å². The molecule has 2 fully saturated rings. The van der Waals surface area contributed by atoms with Gasteiger partial charge in [-0.3, -0.25) is 9.89 Å². The lowest BCUT2D eigenvalue weighted by molar-refractivity contribution is 0.269. The quantitative estimate of drug-likeness (QED) is 0.578. The van der Waals surface area contributed by atoms with Gasteiger partial charge >= 0.3 is 0 Å². The largest absolute Gasteiger partial charge is 0.355 e. The minimum Gasteiger partial charge on any atom is -0.355 e. The summed E-state index contributed by atoms with van der Waals surface area (Å²) in [6, 6.07) is 9.03. The lowest BCUT2D eigenvalue weighted by Crippen LogP contribution is -2.39. The molecule has 2 aliphatic rings. The Labute approximate surface area is 169 Å². The first kappa shape index (κ1) is 20.5. The van der Waals surface area contributed by atoms with E-state index in [1.165, 1.54) is 62.3 Å². The van der Waals surface area contributed by atoms with Crippen molar-refractivity contribution in [2.24, 2.45) is 4.99 Å². The Bertz CT molecular complexity index is 583. The van der Waals surface area contributed by atoms with Gasteiger partial charge in [-0.2, -0.15) is 11.8 Å². The van der Waals surface area contributed by atoms with Gasteiger partial charge in [0.05, 0.1) is 0 Å². The summed E-state index contributed by atoms with van der Waals surface area (Å²) < 4.78 is 0. The molecule has 0 bridgehead atoms. The molecule has 0 radical (unpaired) electrons. The average Bonchev–Trinajstić information content (AvgIpc) is 3.12. The Morgan fingerprint density at radius 3 is 2.63 bits per heavy atom. The van der Waals surface area contributed by atoms with Crippen LogP contribution < -0.4 is 10.6 Å². The second-order valence-corrected chi connectivity index (χ2v) is 9.10. The van der Waals surface area contributed by atoms with Gasteiger partial charge in [-0.25, -0.2) is 0 Å². The van der Waals surface area contributed by atoms with Crippen molar-refractivity contribution in [3.05, 3.63) is 35.4 Å². The SMILES string of the molecule is CN=C(NCc1ccc(CN2CCCN(C)CC2)cc1)NCC1CCCS1. The third-order valence-corrected chi connectivity index (χ3v) is 6.84. The number of hydrogen-bond acceptors (Lipinski definition) is 4. The summed E-state index contributed by atoms with van der Waals surface area (Å²) in [6.45, 7) is 7.64. The summed E-state index contributed by atoms with van der Waals surface area (Å²) in [4.78, 5) is 9.35. The zero-order valence-electron chi connectivity index (χ0n) is 16.9. The first-order valence-electron chi connectivity index (χ1n) is 10.3. The fraction of sp³-hybridized carbons (Fsp3) is 0.667. The molecule has 1 aromatic rings. The molecule has 1 aromatic carbocycles. The monoisotopic (exact) mass is 389 g/mol. The maximum absolute atomic E-state index is 4.35. The number of likely N-dealkylation sites (N-methyl/N-ethyl adjacent to an activating group) is 1. The molecule has 150 valence electrons. The zero-order chi connectivity index (χ0) is 18.9. The predicted molar refractivity (Wildman–Crippen MR) is 118 cm³/mol. The number of thioether (sulfide) groups is 1. The predicted octanol–water partition coefficient (Wildman–Crippen LogP) is 2.38. The van der Waals surface area contributed by atoms with E-state index in [9.17, 15) is 0 Å².